The number of amides is 1. The van der Waals surface area contributed by atoms with Crippen LogP contribution in [0.4, 0.5) is 5.69 Å². The molecule has 0 aliphatic rings. The fourth-order valence-electron chi connectivity index (χ4n) is 2.15. The Morgan fingerprint density at radius 1 is 1.22 bits per heavy atom. The number of ether oxygens (including phenoxy) is 1. The highest BCUT2D eigenvalue weighted by Gasteiger charge is 2.04. The van der Waals surface area contributed by atoms with Gasteiger partial charge in [-0.1, -0.05) is 35.9 Å². The third kappa shape index (κ3) is 4.85. The van der Waals surface area contributed by atoms with Crippen molar-refractivity contribution in [2.75, 3.05) is 19.0 Å². The zero-order valence-corrected chi connectivity index (χ0v) is 13.6. The van der Waals surface area contributed by atoms with E-state index < -0.39 is 0 Å². The number of anilines is 1. The minimum absolute atomic E-state index is 0.116. The number of para-hydroxylation sites is 2. The van der Waals surface area contributed by atoms with Crippen LogP contribution in [0, 0.1) is 13.8 Å². The average molecular weight is 311 g/mol. The maximum atomic E-state index is 11.8. The largest absolute Gasteiger partial charge is 0.495 e. The van der Waals surface area contributed by atoms with Crippen molar-refractivity contribution < 1.29 is 9.53 Å². The molecule has 23 heavy (non-hydrogen) atoms. The standard InChI is InChI=1S/C18H21N3O2/c1-13-8-9-15(14(2)10-13)11-20-21-18(22)12-19-16-6-4-5-7-17(16)23-3/h4-11,19H,12H2,1-3H3,(H,21,22). The van der Waals surface area contributed by atoms with Crippen LogP contribution in [0.1, 0.15) is 16.7 Å². The summed E-state index contributed by atoms with van der Waals surface area (Å²) in [6.45, 7) is 4.17. The van der Waals surface area contributed by atoms with Crippen LogP contribution in [0.3, 0.4) is 0 Å². The second kappa shape index (κ2) is 7.98. The first-order valence-electron chi connectivity index (χ1n) is 7.36. The van der Waals surface area contributed by atoms with Gasteiger partial charge in [-0.15, -0.1) is 0 Å². The minimum Gasteiger partial charge on any atom is -0.495 e. The first kappa shape index (κ1) is 16.5. The van der Waals surface area contributed by atoms with Gasteiger partial charge in [-0.25, -0.2) is 5.43 Å². The van der Waals surface area contributed by atoms with E-state index in [-0.39, 0.29) is 12.5 Å². The summed E-state index contributed by atoms with van der Waals surface area (Å²) < 4.78 is 5.22. The Hall–Kier alpha value is -2.82. The topological polar surface area (TPSA) is 62.7 Å². The van der Waals surface area contributed by atoms with Crippen molar-refractivity contribution >= 4 is 17.8 Å². The van der Waals surface area contributed by atoms with Gasteiger partial charge >= 0.3 is 0 Å². The van der Waals surface area contributed by atoms with Crippen LogP contribution in [0.2, 0.25) is 0 Å². The van der Waals surface area contributed by atoms with Crippen LogP contribution in [0.5, 0.6) is 5.75 Å². The SMILES string of the molecule is COc1ccccc1NCC(=O)NN=Cc1ccc(C)cc1C. The smallest absolute Gasteiger partial charge is 0.259 e. The number of methoxy groups -OCH3 is 1. The molecule has 5 heteroatoms. The predicted molar refractivity (Wildman–Crippen MR) is 93.1 cm³/mol. The van der Waals surface area contributed by atoms with Crippen molar-refractivity contribution in [3.63, 3.8) is 0 Å². The number of carbonyl (C=O) groups is 1. The lowest BCUT2D eigenvalue weighted by molar-refractivity contribution is -0.119. The third-order valence-corrected chi connectivity index (χ3v) is 3.36. The quantitative estimate of drug-likeness (QED) is 0.637. The van der Waals surface area contributed by atoms with Gasteiger partial charge in [0.1, 0.15) is 5.75 Å². The summed E-state index contributed by atoms with van der Waals surface area (Å²) in [6.07, 6.45) is 1.65. The molecule has 0 saturated carbocycles. The van der Waals surface area contributed by atoms with Crippen LogP contribution in [-0.4, -0.2) is 25.8 Å². The summed E-state index contributed by atoms with van der Waals surface area (Å²) in [5.41, 5.74) is 6.57. The van der Waals surface area contributed by atoms with Gasteiger partial charge in [0.15, 0.2) is 0 Å². The number of nitrogens with zero attached hydrogens (tertiary/aromatic N) is 1. The van der Waals surface area contributed by atoms with Gasteiger partial charge in [0.25, 0.3) is 5.91 Å². The van der Waals surface area contributed by atoms with Crippen molar-refractivity contribution in [2.24, 2.45) is 5.10 Å². The monoisotopic (exact) mass is 311 g/mol. The van der Waals surface area contributed by atoms with Crippen LogP contribution >= 0.6 is 0 Å². The third-order valence-electron chi connectivity index (χ3n) is 3.36. The second-order valence-electron chi connectivity index (χ2n) is 5.21. The van der Waals surface area contributed by atoms with Crippen LogP contribution < -0.4 is 15.5 Å². The molecule has 2 rings (SSSR count). The lowest BCUT2D eigenvalue weighted by atomic mass is 10.1. The molecule has 0 bridgehead atoms. The minimum atomic E-state index is -0.225. The molecule has 1 amide bonds. The van der Waals surface area contributed by atoms with Crippen molar-refractivity contribution in [3.8, 4) is 5.75 Å². The van der Waals surface area contributed by atoms with Crippen molar-refractivity contribution in [1.82, 2.24) is 5.43 Å². The Morgan fingerprint density at radius 2 is 2.00 bits per heavy atom. The molecule has 0 fully saturated rings. The normalized spacial score (nSPS) is 10.6. The van der Waals surface area contributed by atoms with Crippen molar-refractivity contribution in [1.29, 1.82) is 0 Å². The van der Waals surface area contributed by atoms with Crippen molar-refractivity contribution in [3.05, 3.63) is 59.2 Å². The van der Waals surface area contributed by atoms with Gasteiger partial charge < -0.3 is 10.1 Å². The average Bonchev–Trinajstić information content (AvgIpc) is 2.55. The Morgan fingerprint density at radius 3 is 2.74 bits per heavy atom. The van der Waals surface area contributed by atoms with Crippen LogP contribution in [0.25, 0.3) is 0 Å². The van der Waals surface area contributed by atoms with Gasteiger partial charge in [-0.2, -0.15) is 5.10 Å². The lowest BCUT2D eigenvalue weighted by Crippen LogP contribution is -2.26. The molecule has 0 unspecified atom stereocenters. The maximum Gasteiger partial charge on any atom is 0.259 e. The van der Waals surface area contributed by atoms with Gasteiger partial charge in [0, 0.05) is 0 Å². The molecular formula is C18H21N3O2. The van der Waals surface area contributed by atoms with E-state index in [2.05, 4.69) is 21.9 Å². The van der Waals surface area contributed by atoms with E-state index in [1.807, 2.05) is 50.2 Å². The number of hydrogen-bond donors (Lipinski definition) is 2. The molecule has 0 spiro atoms. The van der Waals surface area contributed by atoms with Crippen LogP contribution in [0.15, 0.2) is 47.6 Å². The molecule has 2 aromatic carbocycles. The molecule has 0 aromatic heterocycles. The number of nitrogens with one attached hydrogen (secondary N) is 2. The summed E-state index contributed by atoms with van der Waals surface area (Å²) in [7, 11) is 1.59. The molecule has 2 N–H and O–H groups in total. The summed E-state index contributed by atoms with van der Waals surface area (Å²) >= 11 is 0. The van der Waals surface area contributed by atoms with Gasteiger partial charge in [0.05, 0.1) is 25.6 Å². The Balaban J connectivity index is 1.86. The van der Waals surface area contributed by atoms with Crippen LogP contribution in [-0.2, 0) is 4.79 Å². The number of carbonyl (C=O) groups excluding carboxylic acids is 1. The van der Waals surface area contributed by atoms with Gasteiger partial charge in [-0.05, 0) is 37.1 Å². The zero-order chi connectivity index (χ0) is 16.7. The van der Waals surface area contributed by atoms with Crippen molar-refractivity contribution in [2.45, 2.75) is 13.8 Å². The molecular weight excluding hydrogens is 290 g/mol. The highest BCUT2D eigenvalue weighted by Crippen LogP contribution is 2.22. The molecule has 0 heterocycles. The van der Waals surface area contributed by atoms with E-state index in [0.717, 1.165) is 16.8 Å². The highest BCUT2D eigenvalue weighted by molar-refractivity contribution is 5.85. The maximum absolute atomic E-state index is 11.8. The molecule has 0 aliphatic carbocycles. The fourth-order valence-corrected chi connectivity index (χ4v) is 2.15. The van der Waals surface area contributed by atoms with E-state index >= 15 is 0 Å². The zero-order valence-electron chi connectivity index (χ0n) is 13.6. The van der Waals surface area contributed by atoms with E-state index in [9.17, 15) is 4.79 Å². The number of benzene rings is 2. The number of aryl methyl sites for hydroxylation is 2. The molecule has 0 aliphatic heterocycles. The number of rotatable bonds is 6. The van der Waals surface area contributed by atoms with E-state index in [0.29, 0.717) is 5.75 Å². The Kier molecular flexibility index (Phi) is 5.74. The number of hydrazone groups is 1. The molecule has 120 valence electrons. The Labute approximate surface area is 136 Å². The summed E-state index contributed by atoms with van der Waals surface area (Å²) in [6, 6.07) is 13.5. The predicted octanol–water partition coefficient (Wildman–Crippen LogP) is 2.87. The van der Waals surface area contributed by atoms with E-state index in [1.165, 1.54) is 5.56 Å². The first-order chi connectivity index (χ1) is 11.1. The van der Waals surface area contributed by atoms with Gasteiger partial charge in [0.2, 0.25) is 0 Å². The van der Waals surface area contributed by atoms with E-state index in [1.54, 1.807) is 13.3 Å². The number of hydrogen-bond acceptors (Lipinski definition) is 4. The summed E-state index contributed by atoms with van der Waals surface area (Å²) in [5, 5.41) is 7.01. The Bertz CT molecular complexity index is 711. The molecule has 0 saturated heterocycles. The first-order valence-corrected chi connectivity index (χ1v) is 7.36. The lowest BCUT2D eigenvalue weighted by Gasteiger charge is -2.09. The molecule has 5 nitrogen and oxygen atoms in total. The molecule has 0 atom stereocenters. The molecule has 2 aromatic rings. The second-order valence-corrected chi connectivity index (χ2v) is 5.21. The molecule has 0 radical (unpaired) electrons. The van der Waals surface area contributed by atoms with Gasteiger partial charge in [-0.3, -0.25) is 4.79 Å². The summed E-state index contributed by atoms with van der Waals surface area (Å²) in [4.78, 5) is 11.8. The van der Waals surface area contributed by atoms with E-state index in [4.69, 9.17) is 4.74 Å². The fraction of sp³-hybridized carbons (Fsp3) is 0.222. The summed E-state index contributed by atoms with van der Waals surface area (Å²) in [5.74, 6) is 0.469. The highest BCUT2D eigenvalue weighted by atomic mass is 16.5.